The van der Waals surface area contributed by atoms with Gasteiger partial charge in [-0.25, -0.2) is 15.0 Å². The van der Waals surface area contributed by atoms with Crippen LogP contribution in [0.1, 0.15) is 40.1 Å². The Kier molecular flexibility index (Phi) is 5.79. The minimum absolute atomic E-state index is 0.0356. The number of nitrogens with one attached hydrogen (secondary N) is 2. The van der Waals surface area contributed by atoms with Crippen molar-refractivity contribution < 1.29 is 31.1 Å². The number of nitrogens with zero attached hydrogens (tertiary/aromatic N) is 4. The van der Waals surface area contributed by atoms with E-state index in [2.05, 4.69) is 25.7 Å². The van der Waals surface area contributed by atoms with Crippen molar-refractivity contribution in [1.29, 1.82) is 0 Å². The molecule has 1 unspecified atom stereocenters. The topological polar surface area (TPSA) is 82.5 Å². The Morgan fingerprint density at radius 3 is 2.12 bits per heavy atom. The quantitative estimate of drug-likeness (QED) is 0.537. The largest absolute Gasteiger partial charge is 0.416 e. The summed E-state index contributed by atoms with van der Waals surface area (Å²) in [7, 11) is 0. The predicted molar refractivity (Wildman–Crippen MR) is 111 cm³/mol. The molecule has 0 aliphatic carbocycles. The van der Waals surface area contributed by atoms with E-state index in [1.807, 2.05) is 0 Å². The first kappa shape index (κ1) is 23.3. The van der Waals surface area contributed by atoms with Crippen LogP contribution < -0.4 is 15.8 Å². The maximum Gasteiger partial charge on any atom is 0.416 e. The minimum Gasteiger partial charge on any atom is -0.344 e. The highest BCUT2D eigenvalue weighted by Crippen LogP contribution is 2.36. The molecule has 2 heterocycles. The Morgan fingerprint density at radius 2 is 1.59 bits per heavy atom. The second-order valence-corrected chi connectivity index (χ2v) is 7.42. The summed E-state index contributed by atoms with van der Waals surface area (Å²) in [4.78, 5) is 25.8. The molecule has 0 saturated heterocycles. The van der Waals surface area contributed by atoms with Gasteiger partial charge in [-0.15, -0.1) is 0 Å². The molecule has 7 nitrogen and oxygen atoms in total. The summed E-state index contributed by atoms with van der Waals surface area (Å²) in [5, 5.41) is 3.96. The molecule has 0 saturated carbocycles. The van der Waals surface area contributed by atoms with E-state index in [9.17, 15) is 31.1 Å². The maximum absolute atomic E-state index is 13.2. The van der Waals surface area contributed by atoms with Gasteiger partial charge in [0.05, 0.1) is 28.2 Å². The number of carbonyl (C=O) groups is 1. The van der Waals surface area contributed by atoms with Crippen LogP contribution in [0.25, 0.3) is 11.0 Å². The average Bonchev–Trinajstić information content (AvgIpc) is 3.31. The van der Waals surface area contributed by atoms with E-state index in [-0.39, 0.29) is 18.4 Å². The number of hydrazine groups is 1. The fourth-order valence-corrected chi connectivity index (χ4v) is 3.33. The molecule has 1 amide bonds. The Morgan fingerprint density at radius 1 is 1.00 bits per heavy atom. The van der Waals surface area contributed by atoms with E-state index < -0.39 is 41.0 Å². The zero-order chi connectivity index (χ0) is 24.7. The van der Waals surface area contributed by atoms with E-state index in [0.29, 0.717) is 29.0 Å². The van der Waals surface area contributed by atoms with Crippen LogP contribution >= 0.6 is 0 Å². The predicted octanol–water partition coefficient (Wildman–Crippen LogP) is 4.47. The third-order valence-corrected chi connectivity index (χ3v) is 4.97. The lowest BCUT2D eigenvalue weighted by Gasteiger charge is -2.23. The molecule has 1 aliphatic rings. The van der Waals surface area contributed by atoms with Gasteiger partial charge in [0.2, 0.25) is 0 Å². The first-order valence-corrected chi connectivity index (χ1v) is 9.82. The SMILES string of the molecule is CC(NC(=O)c1cc(C(F)(F)F)cc(C(F)(F)F)c1)c1nc2ccccc2nc1N1CN=CN1. The van der Waals surface area contributed by atoms with E-state index in [0.717, 1.165) is 0 Å². The molecule has 1 aliphatic heterocycles. The highest BCUT2D eigenvalue weighted by molar-refractivity contribution is 5.95. The van der Waals surface area contributed by atoms with Crippen LogP contribution in [-0.4, -0.2) is 28.9 Å². The second-order valence-electron chi connectivity index (χ2n) is 7.42. The molecule has 1 atom stereocenters. The number of carbonyl (C=O) groups excluding carboxylic acids is 1. The van der Waals surface area contributed by atoms with Crippen LogP contribution in [0, 0.1) is 0 Å². The molecule has 34 heavy (non-hydrogen) atoms. The van der Waals surface area contributed by atoms with E-state index >= 15 is 0 Å². The fourth-order valence-electron chi connectivity index (χ4n) is 3.33. The van der Waals surface area contributed by atoms with Gasteiger partial charge in [0.15, 0.2) is 5.82 Å². The van der Waals surface area contributed by atoms with Crippen molar-refractivity contribution in [3.8, 4) is 0 Å². The molecular weight excluding hydrogens is 466 g/mol. The van der Waals surface area contributed by atoms with Gasteiger partial charge >= 0.3 is 12.4 Å². The summed E-state index contributed by atoms with van der Waals surface area (Å²) in [5.41, 5.74) is 0.173. The molecule has 0 radical (unpaired) electrons. The standard InChI is InChI=1S/C21H16F6N6O/c1-11(17-18(33-10-28-9-29-33)32-16-5-3-2-4-15(16)31-17)30-19(34)12-6-13(20(22,23)24)8-14(7-12)21(25,26)27/h2-9,11H,10H2,1H3,(H,28,29)(H,30,34). The Balaban J connectivity index is 1.70. The van der Waals surface area contributed by atoms with Gasteiger partial charge in [0.1, 0.15) is 18.7 Å². The van der Waals surface area contributed by atoms with Gasteiger partial charge < -0.3 is 5.32 Å². The fraction of sp³-hybridized carbons (Fsp3) is 0.238. The lowest BCUT2D eigenvalue weighted by Crippen LogP contribution is -2.36. The number of hydrogen-bond donors (Lipinski definition) is 2. The van der Waals surface area contributed by atoms with Crippen LogP contribution in [-0.2, 0) is 12.4 Å². The Bertz CT molecular complexity index is 1230. The van der Waals surface area contributed by atoms with Gasteiger partial charge in [-0.05, 0) is 37.3 Å². The number of alkyl halides is 6. The van der Waals surface area contributed by atoms with Crippen molar-refractivity contribution in [2.45, 2.75) is 25.3 Å². The zero-order valence-corrected chi connectivity index (χ0v) is 17.4. The second kappa shape index (κ2) is 8.47. The molecule has 1 aromatic heterocycles. The molecule has 2 N–H and O–H groups in total. The van der Waals surface area contributed by atoms with E-state index in [1.165, 1.54) is 18.3 Å². The summed E-state index contributed by atoms with van der Waals surface area (Å²) in [6.45, 7) is 1.68. The number of aliphatic imine (C=N–C) groups is 1. The number of hydrogen-bond acceptors (Lipinski definition) is 6. The van der Waals surface area contributed by atoms with Gasteiger partial charge in [0.25, 0.3) is 5.91 Å². The summed E-state index contributed by atoms with van der Waals surface area (Å²) < 4.78 is 79.0. The molecule has 0 spiro atoms. The van der Waals surface area contributed by atoms with Gasteiger partial charge in [-0.3, -0.25) is 15.2 Å². The Hall–Kier alpha value is -3.90. The molecule has 13 heteroatoms. The van der Waals surface area contributed by atoms with Gasteiger partial charge in [0, 0.05) is 5.56 Å². The van der Waals surface area contributed by atoms with Gasteiger partial charge in [-0.2, -0.15) is 26.3 Å². The lowest BCUT2D eigenvalue weighted by atomic mass is 10.0. The molecule has 178 valence electrons. The summed E-state index contributed by atoms with van der Waals surface area (Å²) in [6, 6.07) is 6.67. The Labute approximate surface area is 188 Å². The number of aromatic nitrogens is 2. The average molecular weight is 482 g/mol. The molecule has 0 fully saturated rings. The monoisotopic (exact) mass is 482 g/mol. The highest BCUT2D eigenvalue weighted by atomic mass is 19.4. The van der Waals surface area contributed by atoms with Crippen LogP contribution in [0.5, 0.6) is 0 Å². The van der Waals surface area contributed by atoms with Crippen molar-refractivity contribution in [2.24, 2.45) is 4.99 Å². The van der Waals surface area contributed by atoms with Crippen LogP contribution in [0.15, 0.2) is 47.5 Å². The van der Waals surface area contributed by atoms with Crippen LogP contribution in [0.3, 0.4) is 0 Å². The minimum atomic E-state index is -5.07. The maximum atomic E-state index is 13.2. The van der Waals surface area contributed by atoms with Crippen molar-refractivity contribution in [3.63, 3.8) is 0 Å². The zero-order valence-electron chi connectivity index (χ0n) is 17.4. The van der Waals surface area contributed by atoms with Gasteiger partial charge in [-0.1, -0.05) is 12.1 Å². The molecule has 3 aromatic rings. The van der Waals surface area contributed by atoms with Crippen LogP contribution in [0.4, 0.5) is 32.2 Å². The number of para-hydroxylation sites is 2. The molecule has 4 rings (SSSR count). The lowest BCUT2D eigenvalue weighted by molar-refractivity contribution is -0.143. The third-order valence-electron chi connectivity index (χ3n) is 4.97. The van der Waals surface area contributed by atoms with Crippen LogP contribution in [0.2, 0.25) is 0 Å². The van der Waals surface area contributed by atoms with Crippen molar-refractivity contribution in [3.05, 3.63) is 64.8 Å². The summed E-state index contributed by atoms with van der Waals surface area (Å²) in [6.07, 6.45) is -8.72. The summed E-state index contributed by atoms with van der Waals surface area (Å²) in [5.74, 6) is -0.834. The molecule has 2 aromatic carbocycles. The first-order valence-electron chi connectivity index (χ1n) is 9.82. The first-order chi connectivity index (χ1) is 15.9. The number of benzene rings is 2. The molecular formula is C21H16F6N6O. The number of amides is 1. The van der Waals surface area contributed by atoms with Crippen molar-refractivity contribution >= 4 is 29.1 Å². The van der Waals surface area contributed by atoms with E-state index in [4.69, 9.17) is 0 Å². The number of fused-ring (bicyclic) bond motifs is 1. The molecule has 0 bridgehead atoms. The summed E-state index contributed by atoms with van der Waals surface area (Å²) >= 11 is 0. The highest BCUT2D eigenvalue weighted by Gasteiger charge is 2.37. The van der Waals surface area contributed by atoms with Crippen molar-refractivity contribution in [1.82, 2.24) is 20.7 Å². The normalized spacial score (nSPS) is 14.9. The third kappa shape index (κ3) is 4.72. The number of rotatable bonds is 4. The number of anilines is 1. The van der Waals surface area contributed by atoms with E-state index in [1.54, 1.807) is 24.3 Å². The van der Waals surface area contributed by atoms with Crippen molar-refractivity contribution in [2.75, 3.05) is 11.7 Å². The smallest absolute Gasteiger partial charge is 0.344 e. The number of halogens is 6.